The number of ether oxygens (including phenoxy) is 1. The second kappa shape index (κ2) is 9.25. The van der Waals surface area contributed by atoms with Gasteiger partial charge in [-0.15, -0.1) is 0 Å². The molecule has 186 valence electrons. The van der Waals surface area contributed by atoms with Crippen LogP contribution in [0.15, 0.2) is 45.3 Å². The Balaban J connectivity index is 1.31. The number of nitrogens with zero attached hydrogens (tertiary/aromatic N) is 4. The van der Waals surface area contributed by atoms with E-state index in [2.05, 4.69) is 10.4 Å². The first-order valence-electron chi connectivity index (χ1n) is 11.6. The van der Waals surface area contributed by atoms with Gasteiger partial charge in [0.1, 0.15) is 23.5 Å². The van der Waals surface area contributed by atoms with Crippen molar-refractivity contribution in [3.8, 4) is 5.75 Å². The normalized spacial score (nSPS) is 23.0. The second-order valence-electron chi connectivity index (χ2n) is 9.28. The number of piperidine rings is 1. The average Bonchev–Trinajstić information content (AvgIpc) is 3.37. The first-order chi connectivity index (χ1) is 16.7. The molecule has 2 N–H and O–H groups in total. The van der Waals surface area contributed by atoms with Crippen LogP contribution in [-0.2, 0) is 4.79 Å². The van der Waals surface area contributed by atoms with Crippen LogP contribution in [0.3, 0.4) is 0 Å². The molecule has 1 unspecified atom stereocenters. The van der Waals surface area contributed by atoms with Crippen molar-refractivity contribution in [2.45, 2.75) is 38.8 Å². The number of hydrazine groups is 1. The van der Waals surface area contributed by atoms with Gasteiger partial charge in [-0.05, 0) is 38.8 Å². The van der Waals surface area contributed by atoms with Crippen LogP contribution in [0.4, 0.5) is 4.39 Å². The quantitative estimate of drug-likeness (QED) is 0.637. The van der Waals surface area contributed by atoms with Crippen LogP contribution in [0, 0.1) is 5.82 Å². The Bertz CT molecular complexity index is 1170. The molecule has 0 aromatic heterocycles. The Morgan fingerprint density at radius 2 is 2.03 bits per heavy atom. The summed E-state index contributed by atoms with van der Waals surface area (Å²) in [6.45, 7) is 5.75. The van der Waals surface area contributed by atoms with Crippen molar-refractivity contribution in [3.63, 3.8) is 0 Å². The number of rotatable bonds is 5. The topological polar surface area (TPSA) is 97.7 Å². The summed E-state index contributed by atoms with van der Waals surface area (Å²) < 4.78 is 20.2. The van der Waals surface area contributed by atoms with Gasteiger partial charge >= 0.3 is 5.97 Å². The van der Waals surface area contributed by atoms with Gasteiger partial charge in [0.2, 0.25) is 0 Å². The fourth-order valence-electron chi connectivity index (χ4n) is 5.01. The molecule has 35 heavy (non-hydrogen) atoms. The van der Waals surface area contributed by atoms with Gasteiger partial charge in [0.15, 0.2) is 0 Å². The van der Waals surface area contributed by atoms with E-state index in [0.717, 1.165) is 22.8 Å². The van der Waals surface area contributed by atoms with E-state index in [4.69, 9.17) is 21.4 Å². The maximum atomic E-state index is 14.1. The molecule has 5 rings (SSSR count). The predicted molar refractivity (Wildman–Crippen MR) is 127 cm³/mol. The lowest BCUT2D eigenvalue weighted by Crippen LogP contribution is -2.42. The minimum Gasteiger partial charge on any atom is -0.489 e. The molecule has 11 heteroatoms. The molecular formula is C24H27ClFN5O4. The number of aliphatic carboxylic acids is 1. The number of carboxylic acids is 1. The Kier molecular flexibility index (Phi) is 6.29. The maximum Gasteiger partial charge on any atom is 0.317 e. The highest BCUT2D eigenvalue weighted by Gasteiger charge is 2.42. The number of hydrogen-bond donors (Lipinski definition) is 2. The van der Waals surface area contributed by atoms with Crippen LogP contribution < -0.4 is 10.2 Å². The van der Waals surface area contributed by atoms with E-state index in [1.54, 1.807) is 4.90 Å². The number of fused-ring (bicyclic) bond motifs is 2. The van der Waals surface area contributed by atoms with Crippen LogP contribution in [0.2, 0.25) is 0 Å². The van der Waals surface area contributed by atoms with Crippen molar-refractivity contribution in [1.82, 2.24) is 20.2 Å². The number of halogens is 2. The molecule has 0 saturated carbocycles. The van der Waals surface area contributed by atoms with E-state index >= 15 is 0 Å². The zero-order valence-electron chi connectivity index (χ0n) is 19.6. The van der Waals surface area contributed by atoms with Gasteiger partial charge < -0.3 is 14.7 Å². The predicted octanol–water partition coefficient (Wildman–Crippen LogP) is 2.55. The molecule has 4 aliphatic rings. The lowest BCUT2D eigenvalue weighted by Gasteiger charge is -2.31. The molecule has 4 heterocycles. The Hall–Kier alpha value is -2.95. The van der Waals surface area contributed by atoms with Gasteiger partial charge in [0, 0.05) is 37.8 Å². The minimum atomic E-state index is -0.866. The first-order valence-corrected chi connectivity index (χ1v) is 12.0. The number of nitrogens with one attached hydrogen (secondary N) is 1. The number of allylic oxidation sites excluding steroid dienone is 2. The number of benzene rings is 1. The van der Waals surface area contributed by atoms with Crippen LogP contribution in [0.1, 0.15) is 37.0 Å². The SMILES string of the molecule is CC1=NC2=C3CN(C(=O)c4ccc(F)cc4OC4CCN(CC(=O)O)CC4)CC3NN2C(C)=C1Cl. The van der Waals surface area contributed by atoms with Crippen molar-refractivity contribution in [1.29, 1.82) is 0 Å². The molecular weight excluding hydrogens is 477 g/mol. The second-order valence-corrected chi connectivity index (χ2v) is 9.65. The van der Waals surface area contributed by atoms with E-state index in [0.29, 0.717) is 49.6 Å². The Morgan fingerprint density at radius 1 is 1.29 bits per heavy atom. The van der Waals surface area contributed by atoms with E-state index < -0.39 is 11.8 Å². The Labute approximate surface area is 207 Å². The van der Waals surface area contributed by atoms with Crippen LogP contribution in [0.5, 0.6) is 5.75 Å². The number of carboxylic acid groups (broad SMARTS) is 1. The van der Waals surface area contributed by atoms with Gasteiger partial charge in [-0.25, -0.2) is 14.8 Å². The smallest absolute Gasteiger partial charge is 0.317 e. The molecule has 2 fully saturated rings. The summed E-state index contributed by atoms with van der Waals surface area (Å²) in [5, 5.41) is 11.5. The van der Waals surface area contributed by atoms with Gasteiger partial charge in [0.05, 0.1) is 34.6 Å². The van der Waals surface area contributed by atoms with Gasteiger partial charge in [0.25, 0.3) is 5.91 Å². The molecule has 1 amide bonds. The first kappa shape index (κ1) is 23.8. The lowest BCUT2D eigenvalue weighted by atomic mass is 10.1. The third kappa shape index (κ3) is 4.53. The zero-order valence-corrected chi connectivity index (χ0v) is 20.3. The number of likely N-dealkylation sites (tertiary alicyclic amines) is 2. The van der Waals surface area contributed by atoms with Crippen molar-refractivity contribution in [3.05, 3.63) is 51.7 Å². The Morgan fingerprint density at radius 3 is 2.74 bits per heavy atom. The fourth-order valence-corrected chi connectivity index (χ4v) is 5.14. The van der Waals surface area contributed by atoms with Gasteiger partial charge in [-0.3, -0.25) is 19.5 Å². The summed E-state index contributed by atoms with van der Waals surface area (Å²) in [4.78, 5) is 32.6. The number of aliphatic imine (C=N–C) groups is 1. The van der Waals surface area contributed by atoms with E-state index in [1.807, 2.05) is 23.8 Å². The summed E-state index contributed by atoms with van der Waals surface area (Å²) in [7, 11) is 0. The standard InChI is InChI=1S/C24H27ClFN5O4/c1-13-22(25)14(2)31-23(27-13)18-10-30(11-19(18)28-31)24(34)17-4-3-15(26)9-20(17)35-16-5-7-29(8-6-16)12-21(32)33/h3-4,9,16,19,28H,5-8,10-12H2,1-2H3,(H,32,33). The number of carbonyl (C=O) groups is 2. The molecule has 0 aliphatic carbocycles. The molecule has 1 aromatic rings. The van der Waals surface area contributed by atoms with E-state index in [-0.39, 0.29) is 30.3 Å². The highest BCUT2D eigenvalue weighted by Crippen LogP contribution is 2.36. The van der Waals surface area contributed by atoms with Crippen LogP contribution in [-0.4, -0.2) is 82.4 Å². The van der Waals surface area contributed by atoms with Crippen LogP contribution >= 0.6 is 11.6 Å². The zero-order chi connectivity index (χ0) is 24.9. The number of hydrogen-bond acceptors (Lipinski definition) is 7. The van der Waals surface area contributed by atoms with Gasteiger partial charge in [-0.1, -0.05) is 11.6 Å². The van der Waals surface area contributed by atoms with Crippen LogP contribution in [0.25, 0.3) is 0 Å². The van der Waals surface area contributed by atoms with Crippen molar-refractivity contribution in [2.24, 2.45) is 4.99 Å². The monoisotopic (exact) mass is 503 g/mol. The molecule has 0 bridgehead atoms. The average molecular weight is 504 g/mol. The molecule has 1 atom stereocenters. The summed E-state index contributed by atoms with van der Waals surface area (Å²) in [5.74, 6) is -0.594. The summed E-state index contributed by atoms with van der Waals surface area (Å²) in [6.07, 6.45) is 0.989. The largest absolute Gasteiger partial charge is 0.489 e. The minimum absolute atomic E-state index is 0.0130. The molecule has 1 aromatic carbocycles. The highest BCUT2D eigenvalue weighted by atomic mass is 35.5. The number of carbonyl (C=O) groups excluding carboxylic acids is 1. The van der Waals surface area contributed by atoms with E-state index in [9.17, 15) is 14.0 Å². The molecule has 0 spiro atoms. The maximum absolute atomic E-state index is 14.1. The van der Waals surface area contributed by atoms with Gasteiger partial charge in [-0.2, -0.15) is 0 Å². The summed E-state index contributed by atoms with van der Waals surface area (Å²) in [6, 6.07) is 3.90. The molecule has 4 aliphatic heterocycles. The third-order valence-corrected chi connectivity index (χ3v) is 7.41. The van der Waals surface area contributed by atoms with Crippen molar-refractivity contribution >= 4 is 29.2 Å². The molecule has 0 radical (unpaired) electrons. The number of amides is 1. The van der Waals surface area contributed by atoms with Crippen molar-refractivity contribution < 1.29 is 23.8 Å². The summed E-state index contributed by atoms with van der Waals surface area (Å²) >= 11 is 6.35. The third-order valence-electron chi connectivity index (χ3n) is 6.86. The summed E-state index contributed by atoms with van der Waals surface area (Å²) in [5.41, 5.74) is 6.31. The fraction of sp³-hybridized carbons (Fsp3) is 0.458. The van der Waals surface area contributed by atoms with E-state index in [1.165, 1.54) is 18.2 Å². The lowest BCUT2D eigenvalue weighted by molar-refractivity contribution is -0.138. The molecule has 9 nitrogen and oxygen atoms in total. The molecule has 2 saturated heterocycles. The highest BCUT2D eigenvalue weighted by molar-refractivity contribution is 6.43. The van der Waals surface area contributed by atoms with Crippen molar-refractivity contribution in [2.75, 3.05) is 32.7 Å².